The number of amides is 7. The van der Waals surface area contributed by atoms with Gasteiger partial charge in [0.1, 0.15) is 17.6 Å². The van der Waals surface area contributed by atoms with E-state index < -0.39 is 69.4 Å². The minimum Gasteiger partial charge on any atom is -0.347 e. The molecule has 4 N–H and O–H groups in total. The maximum atomic E-state index is 14.5. The molecule has 5 fully saturated rings. The van der Waals surface area contributed by atoms with Gasteiger partial charge in [0, 0.05) is 32.0 Å². The number of carbonyl (C=O) groups is 7. The second-order valence-corrected chi connectivity index (χ2v) is 19.5. The summed E-state index contributed by atoms with van der Waals surface area (Å²) >= 11 is 0. The Labute approximate surface area is 302 Å². The number of nitrogens with one attached hydrogen (secondary N) is 4. The fraction of sp³-hybridized carbons (Fsp3) is 0.816. The number of likely N-dealkylation sites (tertiary alicyclic amines) is 2. The van der Waals surface area contributed by atoms with Gasteiger partial charge in [-0.05, 0) is 58.7 Å². The first-order valence-electron chi connectivity index (χ1n) is 18.7. The second-order valence-electron chi connectivity index (χ2n) is 19.5. The number of piperidine rings is 2. The van der Waals surface area contributed by atoms with Gasteiger partial charge in [0.2, 0.25) is 29.4 Å². The zero-order valence-corrected chi connectivity index (χ0v) is 32.5. The summed E-state index contributed by atoms with van der Waals surface area (Å²) in [5.74, 6) is -2.97. The van der Waals surface area contributed by atoms with Gasteiger partial charge in [0.05, 0.1) is 6.04 Å². The summed E-state index contributed by atoms with van der Waals surface area (Å²) in [5.41, 5.74) is -3.22. The summed E-state index contributed by atoms with van der Waals surface area (Å²) in [6.45, 7) is 21.4. The fourth-order valence-corrected chi connectivity index (χ4v) is 8.38. The first-order chi connectivity index (χ1) is 23.3. The number of imide groups is 1. The first kappa shape index (κ1) is 38.7. The van der Waals surface area contributed by atoms with Crippen LogP contribution in [0, 0.1) is 39.4 Å². The number of urea groups is 1. The molecule has 2 heterocycles. The van der Waals surface area contributed by atoms with Crippen LogP contribution in [0.1, 0.15) is 115 Å². The van der Waals surface area contributed by atoms with Crippen LogP contribution in [-0.4, -0.2) is 93.9 Å². The van der Waals surface area contributed by atoms with Gasteiger partial charge in [0.15, 0.2) is 0 Å². The fourth-order valence-electron chi connectivity index (χ4n) is 8.38. The molecule has 0 aromatic carbocycles. The van der Waals surface area contributed by atoms with E-state index in [9.17, 15) is 33.6 Å². The molecular formula is C38H60N6O7. The number of carbonyl (C=O) groups excluding carboxylic acids is 7. The van der Waals surface area contributed by atoms with Crippen molar-refractivity contribution in [3.05, 3.63) is 0 Å². The van der Waals surface area contributed by atoms with Crippen LogP contribution in [-0.2, 0) is 28.8 Å². The van der Waals surface area contributed by atoms with Crippen LogP contribution in [0.3, 0.4) is 0 Å². The van der Waals surface area contributed by atoms with E-state index in [2.05, 4.69) is 35.1 Å². The molecule has 13 heteroatoms. The van der Waals surface area contributed by atoms with Crippen molar-refractivity contribution >= 4 is 41.4 Å². The molecule has 2 saturated heterocycles. The highest BCUT2D eigenvalue weighted by molar-refractivity contribution is 6.41. The molecule has 5 rings (SSSR count). The Balaban J connectivity index is 1.32. The van der Waals surface area contributed by atoms with Crippen molar-refractivity contribution in [2.45, 2.75) is 144 Å². The van der Waals surface area contributed by atoms with Crippen LogP contribution < -0.4 is 21.3 Å². The summed E-state index contributed by atoms with van der Waals surface area (Å²) in [7, 11) is 0. The molecule has 51 heavy (non-hydrogen) atoms. The van der Waals surface area contributed by atoms with Crippen LogP contribution in [0.25, 0.3) is 0 Å². The average Bonchev–Trinajstić information content (AvgIpc) is 3.94. The summed E-state index contributed by atoms with van der Waals surface area (Å²) in [5, 5.41) is 11.6. The van der Waals surface area contributed by atoms with Crippen molar-refractivity contribution in [2.24, 2.45) is 39.4 Å². The van der Waals surface area contributed by atoms with E-state index in [0.717, 1.165) is 12.8 Å². The number of hydrogen-bond acceptors (Lipinski definition) is 7. The van der Waals surface area contributed by atoms with Gasteiger partial charge in [0.25, 0.3) is 5.91 Å². The monoisotopic (exact) mass is 712 g/mol. The number of nitrogens with zero attached hydrogens (tertiary/aromatic N) is 2. The zero-order valence-electron chi connectivity index (χ0n) is 32.5. The molecule has 3 aliphatic carbocycles. The predicted octanol–water partition coefficient (Wildman–Crippen LogP) is 2.91. The molecule has 0 bridgehead atoms. The molecule has 2 unspecified atom stereocenters. The number of ketones is 1. The normalized spacial score (nSPS) is 30.5. The van der Waals surface area contributed by atoms with Gasteiger partial charge >= 0.3 is 6.03 Å². The predicted molar refractivity (Wildman–Crippen MR) is 190 cm³/mol. The second kappa shape index (κ2) is 12.9. The number of fused-ring (bicyclic) bond motifs is 1. The first-order valence-corrected chi connectivity index (χ1v) is 18.7. The summed E-state index contributed by atoms with van der Waals surface area (Å²) in [4.78, 5) is 97.5. The minimum absolute atomic E-state index is 0.00349. The topological polar surface area (TPSA) is 174 Å². The van der Waals surface area contributed by atoms with Gasteiger partial charge in [-0.1, -0.05) is 82.6 Å². The Kier molecular flexibility index (Phi) is 9.76. The van der Waals surface area contributed by atoms with Crippen molar-refractivity contribution in [3.63, 3.8) is 0 Å². The van der Waals surface area contributed by atoms with Crippen molar-refractivity contribution < 1.29 is 33.6 Å². The van der Waals surface area contributed by atoms with Gasteiger partial charge in [-0.25, -0.2) is 4.79 Å². The number of hydrogen-bond donors (Lipinski definition) is 4. The highest BCUT2D eigenvalue weighted by Crippen LogP contribution is 2.65. The third kappa shape index (κ3) is 7.68. The van der Waals surface area contributed by atoms with Crippen LogP contribution >= 0.6 is 0 Å². The Morgan fingerprint density at radius 1 is 0.882 bits per heavy atom. The maximum absolute atomic E-state index is 14.5. The third-order valence-electron chi connectivity index (χ3n) is 12.2. The van der Waals surface area contributed by atoms with Crippen molar-refractivity contribution in [1.29, 1.82) is 0 Å². The van der Waals surface area contributed by atoms with Gasteiger partial charge < -0.3 is 26.2 Å². The largest absolute Gasteiger partial charge is 0.347 e. The lowest BCUT2D eigenvalue weighted by molar-refractivity contribution is -0.153. The summed E-state index contributed by atoms with van der Waals surface area (Å²) in [6, 6.07) is -3.14. The summed E-state index contributed by atoms with van der Waals surface area (Å²) < 4.78 is 0. The van der Waals surface area contributed by atoms with E-state index in [4.69, 9.17) is 0 Å². The Bertz CT molecular complexity index is 1480. The molecule has 13 nitrogen and oxygen atoms in total. The molecular weight excluding hydrogens is 652 g/mol. The lowest BCUT2D eigenvalue weighted by atomic mass is 9.80. The zero-order chi connectivity index (χ0) is 38.2. The molecule has 3 saturated carbocycles. The van der Waals surface area contributed by atoms with Crippen LogP contribution in [0.5, 0.6) is 0 Å². The lowest BCUT2D eigenvalue weighted by Gasteiger charge is -2.41. The van der Waals surface area contributed by atoms with E-state index in [1.54, 1.807) is 4.90 Å². The standard InChI is InChI=1S/C38H60N6O7/c1-12-20-15-38(20,29(47)31(49)39-21-13-14-21)42-30(48)27-26-22(37(26,10)11)18-44(27)32(50)28(35(5,6)7)41-33(51)40-23(34(2,3)4)19-43-24(45)16-36(8,9)17-25(43)46/h20-23,26-28H,12-19H2,1-11H3,(H,39,49)(H,42,48)(H2,40,41,51)/t20-,22+,23-,26+,27?,28-,38?/m1/s1. The van der Waals surface area contributed by atoms with E-state index in [-0.39, 0.29) is 60.4 Å². The summed E-state index contributed by atoms with van der Waals surface area (Å²) in [6.07, 6.45) is 3.12. The van der Waals surface area contributed by atoms with Crippen LogP contribution in [0.4, 0.5) is 4.79 Å². The smallest absolute Gasteiger partial charge is 0.315 e. The highest BCUT2D eigenvalue weighted by atomic mass is 16.2. The van der Waals surface area contributed by atoms with Crippen LogP contribution in [0.2, 0.25) is 0 Å². The van der Waals surface area contributed by atoms with Gasteiger partial charge in [-0.3, -0.25) is 33.7 Å². The molecule has 7 amide bonds. The van der Waals surface area contributed by atoms with E-state index >= 15 is 0 Å². The number of Topliss-reactive ketones (excluding diaryl/α,β-unsaturated/α-hetero) is 1. The Morgan fingerprint density at radius 2 is 1.47 bits per heavy atom. The molecule has 284 valence electrons. The minimum atomic E-state index is -1.28. The molecule has 0 aromatic heterocycles. The Morgan fingerprint density at radius 3 is 1.96 bits per heavy atom. The van der Waals surface area contributed by atoms with Gasteiger partial charge in [-0.15, -0.1) is 0 Å². The molecule has 2 aliphatic heterocycles. The molecule has 5 aliphatic rings. The maximum Gasteiger partial charge on any atom is 0.315 e. The van der Waals surface area contributed by atoms with Gasteiger partial charge in [-0.2, -0.15) is 0 Å². The average molecular weight is 713 g/mol. The van der Waals surface area contributed by atoms with Crippen molar-refractivity contribution in [1.82, 2.24) is 31.1 Å². The quantitative estimate of drug-likeness (QED) is 0.188. The van der Waals surface area contributed by atoms with E-state index in [1.807, 2.05) is 62.3 Å². The Hall–Kier alpha value is -3.51. The third-order valence-corrected chi connectivity index (χ3v) is 12.2. The molecule has 0 spiro atoms. The molecule has 0 aromatic rings. The van der Waals surface area contributed by atoms with E-state index in [1.165, 1.54) is 4.90 Å². The number of rotatable bonds is 11. The van der Waals surface area contributed by atoms with Crippen molar-refractivity contribution in [3.8, 4) is 0 Å². The van der Waals surface area contributed by atoms with Crippen LogP contribution in [0.15, 0.2) is 0 Å². The molecule has 7 atom stereocenters. The molecule has 0 radical (unpaired) electrons. The van der Waals surface area contributed by atoms with E-state index in [0.29, 0.717) is 19.4 Å². The lowest BCUT2D eigenvalue weighted by Crippen LogP contribution is -2.63. The van der Waals surface area contributed by atoms with Crippen molar-refractivity contribution in [2.75, 3.05) is 13.1 Å². The highest BCUT2D eigenvalue weighted by Gasteiger charge is 2.71. The SMILES string of the molecule is CC[C@@H]1CC1(NC(=O)C1[C@@H]2[C@H](CN1C(=O)[C@@H](NC(=O)N[C@H](CN1C(=O)CC(C)(C)CC1=O)C(C)(C)C)C(C)(C)C)C2(C)C)C(=O)C(=O)NC1CC1.